The van der Waals surface area contributed by atoms with Gasteiger partial charge in [0.25, 0.3) is 6.71 Å². The van der Waals surface area contributed by atoms with E-state index in [0.717, 1.165) is 34.6 Å². The molecule has 0 saturated heterocycles. The monoisotopic (exact) mass is 977 g/mol. The minimum absolute atomic E-state index is 0.00769. The first-order valence-electron chi connectivity index (χ1n) is 28.3. The van der Waals surface area contributed by atoms with E-state index < -0.39 is 0 Å². The molecular formula is C68H73BN2OS. The topological polar surface area (TPSA) is 19.6 Å². The highest BCUT2D eigenvalue weighted by Crippen LogP contribution is 2.63. The number of thiophene rings is 1. The number of fused-ring (bicyclic) bond motifs is 11. The number of hydrogen-bond donors (Lipinski definition) is 0. The Morgan fingerprint density at radius 2 is 1.15 bits per heavy atom. The SMILES string of the molecule is CC(C)(C)c1ccc2sc3c(c2c1)N(c1ccc2c(c1)C(C)(C)CCC2(C)C)c1cc(C24CC5CC(CC(C5)C2)C4)cc2c1B3c1cc3c(cc1N2c1cccc2c1oc1ccccc12)C(C)(C)CCC3(C)C. The molecule has 0 N–H and O–H groups in total. The molecule has 0 unspecified atom stereocenters. The summed E-state index contributed by atoms with van der Waals surface area (Å²) < 4.78 is 10.0. The zero-order chi connectivity index (χ0) is 50.1. The van der Waals surface area contributed by atoms with Crippen LogP contribution in [0.5, 0.6) is 0 Å². The normalized spacial score (nSPS) is 25.5. The summed E-state index contributed by atoms with van der Waals surface area (Å²) in [6.45, 7) is 27.2. The molecule has 4 saturated carbocycles. The predicted molar refractivity (Wildman–Crippen MR) is 312 cm³/mol. The first kappa shape index (κ1) is 45.2. The summed E-state index contributed by atoms with van der Waals surface area (Å²) in [5.41, 5.74) is 22.2. The largest absolute Gasteiger partial charge is 0.454 e. The molecule has 73 heavy (non-hydrogen) atoms. The van der Waals surface area contributed by atoms with Gasteiger partial charge in [-0.2, -0.15) is 0 Å². The van der Waals surface area contributed by atoms with Gasteiger partial charge in [-0.05, 0) is 213 Å². The Kier molecular flexibility index (Phi) is 9.01. The summed E-state index contributed by atoms with van der Waals surface area (Å²) in [6.07, 6.45) is 13.0. The van der Waals surface area contributed by atoms with Crippen molar-refractivity contribution in [2.75, 3.05) is 9.80 Å². The van der Waals surface area contributed by atoms with Crippen molar-refractivity contribution in [3.63, 3.8) is 0 Å². The lowest BCUT2D eigenvalue weighted by molar-refractivity contribution is -0.00514. The second kappa shape index (κ2) is 14.6. The van der Waals surface area contributed by atoms with E-state index in [1.165, 1.54) is 157 Å². The van der Waals surface area contributed by atoms with Gasteiger partial charge in [0.1, 0.15) is 5.58 Å². The molecule has 4 heterocycles. The molecule has 8 aliphatic rings. The van der Waals surface area contributed by atoms with Crippen LogP contribution in [0.25, 0.3) is 32.0 Å². The molecule has 6 aliphatic carbocycles. The van der Waals surface area contributed by atoms with Crippen molar-refractivity contribution in [2.24, 2.45) is 17.8 Å². The van der Waals surface area contributed by atoms with Crippen molar-refractivity contribution < 1.29 is 4.42 Å². The van der Waals surface area contributed by atoms with Gasteiger partial charge in [0, 0.05) is 48.4 Å². The van der Waals surface area contributed by atoms with Crippen molar-refractivity contribution in [2.45, 2.75) is 173 Å². The highest BCUT2D eigenvalue weighted by Gasteiger charge is 2.54. The fraction of sp³-hybridized carbons (Fsp3) is 0.441. The van der Waals surface area contributed by atoms with E-state index in [-0.39, 0.29) is 39.2 Å². The van der Waals surface area contributed by atoms with Crippen molar-refractivity contribution in [3.05, 3.63) is 137 Å². The maximum atomic E-state index is 7.15. The molecule has 2 aromatic heterocycles. The molecular weight excluding hydrogens is 904 g/mol. The first-order valence-corrected chi connectivity index (χ1v) is 29.1. The van der Waals surface area contributed by atoms with E-state index in [1.54, 1.807) is 5.56 Å². The summed E-state index contributed by atoms with van der Waals surface area (Å²) in [5.74, 6) is 2.49. The van der Waals surface area contributed by atoms with Gasteiger partial charge < -0.3 is 14.2 Å². The summed E-state index contributed by atoms with van der Waals surface area (Å²) >= 11 is 2.06. The van der Waals surface area contributed by atoms with Crippen molar-refractivity contribution in [1.82, 2.24) is 0 Å². The fourth-order valence-corrected chi connectivity index (χ4v) is 18.2. The third kappa shape index (κ3) is 6.30. The molecule has 4 bridgehead atoms. The van der Waals surface area contributed by atoms with Crippen LogP contribution in [0.1, 0.15) is 174 Å². The highest BCUT2D eigenvalue weighted by atomic mass is 32.1. The molecule has 8 aromatic rings. The van der Waals surface area contributed by atoms with E-state index >= 15 is 0 Å². The Labute approximate surface area is 438 Å². The third-order valence-electron chi connectivity index (χ3n) is 20.9. The van der Waals surface area contributed by atoms with Gasteiger partial charge in [0.05, 0.1) is 11.4 Å². The van der Waals surface area contributed by atoms with Crippen LogP contribution < -0.4 is 25.5 Å². The summed E-state index contributed by atoms with van der Waals surface area (Å²) in [7, 11) is 0. The number of furan rings is 1. The van der Waals surface area contributed by atoms with E-state index in [4.69, 9.17) is 4.42 Å². The van der Waals surface area contributed by atoms with E-state index in [0.29, 0.717) is 0 Å². The second-order valence-corrected chi connectivity index (χ2v) is 29.6. The van der Waals surface area contributed by atoms with E-state index in [2.05, 4.69) is 200 Å². The minimum atomic E-state index is 0.00769. The van der Waals surface area contributed by atoms with Crippen LogP contribution in [-0.2, 0) is 32.5 Å². The molecule has 3 nitrogen and oxygen atoms in total. The van der Waals surface area contributed by atoms with Gasteiger partial charge in [0.15, 0.2) is 5.58 Å². The van der Waals surface area contributed by atoms with Crippen LogP contribution in [-0.4, -0.2) is 6.71 Å². The maximum Gasteiger partial charge on any atom is 0.264 e. The first-order chi connectivity index (χ1) is 34.7. The van der Waals surface area contributed by atoms with E-state index in [1.807, 2.05) is 0 Å². The Morgan fingerprint density at radius 1 is 0.548 bits per heavy atom. The standard InChI is InChI=1S/C68H73BN2OS/c1-63(2,3)42-19-22-58-47(30-42)60-62(73-58)69-52-34-50-51(67(10,11)26-25-66(50,8)9)35-54(52)71(53-17-14-16-46-45-15-12-13-18-57(45)72-61(46)53)56-32-43(68-36-39-27-40(37-68)29-41(28-39)38-68)31-55(59(56)69)70(60)44-20-21-48-49(33-44)65(6,7)24-23-64(48,4)5/h12-22,30-35,39-41H,23-29,36-38H2,1-11H3. The quantitative estimate of drug-likeness (QED) is 0.165. The molecule has 16 rings (SSSR count). The van der Waals surface area contributed by atoms with Crippen LogP contribution in [0.4, 0.5) is 34.1 Å². The van der Waals surface area contributed by atoms with Crippen molar-refractivity contribution in [1.29, 1.82) is 0 Å². The molecule has 2 aliphatic heterocycles. The zero-order valence-electron chi connectivity index (χ0n) is 45.4. The van der Waals surface area contributed by atoms with Gasteiger partial charge >= 0.3 is 0 Å². The Hall–Kier alpha value is -5.26. The number of para-hydroxylation sites is 2. The Morgan fingerprint density at radius 3 is 1.82 bits per heavy atom. The number of hydrogen-bond acceptors (Lipinski definition) is 4. The molecule has 5 heteroatoms. The lowest BCUT2D eigenvalue weighted by Crippen LogP contribution is -2.61. The highest BCUT2D eigenvalue weighted by molar-refractivity contribution is 7.33. The number of anilines is 6. The average Bonchev–Trinajstić information content (AvgIpc) is 3.92. The van der Waals surface area contributed by atoms with Gasteiger partial charge in [0.2, 0.25) is 0 Å². The zero-order valence-corrected chi connectivity index (χ0v) is 46.2. The lowest BCUT2D eigenvalue weighted by atomic mass is 9.35. The van der Waals surface area contributed by atoms with Crippen LogP contribution in [0, 0.1) is 17.8 Å². The predicted octanol–water partition coefficient (Wildman–Crippen LogP) is 17.3. The lowest BCUT2D eigenvalue weighted by Gasteiger charge is -2.57. The van der Waals surface area contributed by atoms with Gasteiger partial charge in [-0.25, -0.2) is 0 Å². The number of benzene rings is 6. The molecule has 0 radical (unpaired) electrons. The van der Waals surface area contributed by atoms with Gasteiger partial charge in [-0.15, -0.1) is 11.3 Å². The number of rotatable bonds is 3. The maximum absolute atomic E-state index is 7.15. The number of nitrogens with zero attached hydrogens (tertiary/aromatic N) is 2. The molecule has 4 fully saturated rings. The smallest absolute Gasteiger partial charge is 0.264 e. The van der Waals surface area contributed by atoms with Gasteiger partial charge in [-0.1, -0.05) is 125 Å². The molecule has 0 spiro atoms. The summed E-state index contributed by atoms with van der Waals surface area (Å²) in [6, 6.07) is 41.8. The van der Waals surface area contributed by atoms with Crippen LogP contribution in [0.3, 0.4) is 0 Å². The molecule has 0 amide bonds. The van der Waals surface area contributed by atoms with Gasteiger partial charge in [-0.3, -0.25) is 0 Å². The van der Waals surface area contributed by atoms with Crippen molar-refractivity contribution in [3.8, 4) is 0 Å². The summed E-state index contributed by atoms with van der Waals surface area (Å²) in [5, 5.41) is 3.76. The minimum Gasteiger partial charge on any atom is -0.454 e. The van der Waals surface area contributed by atoms with Crippen LogP contribution in [0.2, 0.25) is 0 Å². The molecule has 0 atom stereocenters. The molecule has 6 aromatic carbocycles. The fourth-order valence-electron chi connectivity index (χ4n) is 16.9. The second-order valence-electron chi connectivity index (χ2n) is 28.5. The van der Waals surface area contributed by atoms with Crippen molar-refractivity contribution >= 4 is 99.9 Å². The Balaban J connectivity index is 1.11. The van der Waals surface area contributed by atoms with Crippen LogP contribution >= 0.6 is 11.3 Å². The summed E-state index contributed by atoms with van der Waals surface area (Å²) in [4.78, 5) is 5.57. The third-order valence-corrected chi connectivity index (χ3v) is 22.1. The van der Waals surface area contributed by atoms with Crippen LogP contribution in [0.15, 0.2) is 108 Å². The average molecular weight is 977 g/mol. The molecule has 370 valence electrons. The Bertz CT molecular complexity index is 3670. The van der Waals surface area contributed by atoms with E-state index in [9.17, 15) is 0 Å².